The predicted octanol–water partition coefficient (Wildman–Crippen LogP) is 4.63. The van der Waals surface area contributed by atoms with Crippen molar-refractivity contribution in [3.05, 3.63) is 59.5 Å². The van der Waals surface area contributed by atoms with Gasteiger partial charge in [-0.15, -0.1) is 0 Å². The van der Waals surface area contributed by atoms with Gasteiger partial charge >= 0.3 is 0 Å². The molecule has 1 aromatic carbocycles. The summed E-state index contributed by atoms with van der Waals surface area (Å²) in [5.41, 5.74) is 3.31. The molecule has 1 N–H and O–H groups in total. The zero-order valence-corrected chi connectivity index (χ0v) is 14.9. The fourth-order valence-electron chi connectivity index (χ4n) is 4.18. The number of pyridine rings is 1. The fraction of sp³-hybridized carbons (Fsp3) is 0.381. The van der Waals surface area contributed by atoms with E-state index in [1.807, 2.05) is 14.0 Å². The normalized spacial score (nSPS) is 16.7. The van der Waals surface area contributed by atoms with Crippen LogP contribution in [-0.2, 0) is 5.41 Å². The summed E-state index contributed by atoms with van der Waals surface area (Å²) < 4.78 is 0. The minimum atomic E-state index is 0.00631. The molecule has 0 unspecified atom stereocenters. The summed E-state index contributed by atoms with van der Waals surface area (Å²) in [4.78, 5) is 14.1. The van der Waals surface area contributed by atoms with Gasteiger partial charge in [0.2, 0.25) is 0 Å². The molecule has 2 heterocycles. The smallest absolute Gasteiger partial charge is 0.165 e. The number of aromatic nitrogens is 3. The first-order chi connectivity index (χ1) is 12.2. The van der Waals surface area contributed by atoms with Crippen LogP contribution in [0.4, 0.5) is 5.82 Å². The standard InChI is InChI=1S/C21H24N4/c1-15-23-19(22-2)17-11-12-18(25-20(17)24-15)21(13-7-4-8-14-21)16-9-5-3-6-10-16/h3,5-6,9-12H,4,7-8,13-14H2,1-2H3,(H,22,23,24,25). The number of benzene rings is 1. The zero-order chi connectivity index (χ0) is 17.3. The summed E-state index contributed by atoms with van der Waals surface area (Å²) in [5, 5.41) is 4.14. The minimum Gasteiger partial charge on any atom is -0.372 e. The lowest BCUT2D eigenvalue weighted by Crippen LogP contribution is -2.31. The maximum atomic E-state index is 5.03. The summed E-state index contributed by atoms with van der Waals surface area (Å²) in [7, 11) is 1.89. The van der Waals surface area contributed by atoms with Crippen LogP contribution in [0.3, 0.4) is 0 Å². The van der Waals surface area contributed by atoms with Crippen LogP contribution in [0, 0.1) is 6.92 Å². The molecule has 4 heteroatoms. The third kappa shape index (κ3) is 2.76. The Labute approximate surface area is 148 Å². The van der Waals surface area contributed by atoms with Gasteiger partial charge in [-0.2, -0.15) is 0 Å². The maximum absolute atomic E-state index is 5.03. The molecule has 0 saturated heterocycles. The van der Waals surface area contributed by atoms with Crippen molar-refractivity contribution in [3.63, 3.8) is 0 Å². The summed E-state index contributed by atoms with van der Waals surface area (Å²) in [6.07, 6.45) is 6.11. The van der Waals surface area contributed by atoms with E-state index in [-0.39, 0.29) is 5.41 Å². The average Bonchev–Trinajstić information content (AvgIpc) is 2.68. The van der Waals surface area contributed by atoms with Crippen LogP contribution in [0.5, 0.6) is 0 Å². The van der Waals surface area contributed by atoms with E-state index in [0.29, 0.717) is 0 Å². The van der Waals surface area contributed by atoms with Gasteiger partial charge in [0, 0.05) is 12.5 Å². The van der Waals surface area contributed by atoms with Crippen LogP contribution >= 0.6 is 0 Å². The van der Waals surface area contributed by atoms with E-state index in [2.05, 4.69) is 57.7 Å². The Bertz CT molecular complexity index is 883. The number of nitrogens with zero attached hydrogens (tertiary/aromatic N) is 3. The largest absolute Gasteiger partial charge is 0.372 e. The molecule has 0 amide bonds. The number of hydrogen-bond acceptors (Lipinski definition) is 4. The van der Waals surface area contributed by atoms with Crippen LogP contribution in [0.1, 0.15) is 49.2 Å². The van der Waals surface area contributed by atoms with Crippen LogP contribution in [0.25, 0.3) is 11.0 Å². The van der Waals surface area contributed by atoms with Gasteiger partial charge < -0.3 is 5.32 Å². The highest BCUT2D eigenvalue weighted by molar-refractivity contribution is 5.86. The molecule has 0 radical (unpaired) electrons. The third-order valence-corrected chi connectivity index (χ3v) is 5.43. The lowest BCUT2D eigenvalue weighted by atomic mass is 9.67. The summed E-state index contributed by atoms with van der Waals surface area (Å²) in [5.74, 6) is 1.60. The molecule has 1 fully saturated rings. The highest BCUT2D eigenvalue weighted by atomic mass is 15.0. The topological polar surface area (TPSA) is 50.7 Å². The van der Waals surface area contributed by atoms with Crippen molar-refractivity contribution in [1.82, 2.24) is 15.0 Å². The van der Waals surface area contributed by atoms with Crippen molar-refractivity contribution in [2.75, 3.05) is 12.4 Å². The lowest BCUT2D eigenvalue weighted by Gasteiger charge is -2.37. The summed E-state index contributed by atoms with van der Waals surface area (Å²) in [6, 6.07) is 15.2. The van der Waals surface area contributed by atoms with Gasteiger partial charge in [-0.25, -0.2) is 15.0 Å². The Morgan fingerprint density at radius 1 is 0.880 bits per heavy atom. The van der Waals surface area contributed by atoms with Gasteiger partial charge in [-0.1, -0.05) is 49.6 Å². The van der Waals surface area contributed by atoms with E-state index >= 15 is 0 Å². The van der Waals surface area contributed by atoms with Crippen LogP contribution < -0.4 is 5.32 Å². The molecular formula is C21H24N4. The molecule has 0 atom stereocenters. The van der Waals surface area contributed by atoms with Crippen molar-refractivity contribution in [2.45, 2.75) is 44.4 Å². The Hall–Kier alpha value is -2.49. The first-order valence-electron chi connectivity index (χ1n) is 9.12. The molecular weight excluding hydrogens is 308 g/mol. The maximum Gasteiger partial charge on any atom is 0.165 e. The lowest BCUT2D eigenvalue weighted by molar-refractivity contribution is 0.339. The number of rotatable bonds is 3. The molecule has 0 spiro atoms. The second kappa shape index (κ2) is 6.43. The van der Waals surface area contributed by atoms with E-state index in [0.717, 1.165) is 41.2 Å². The fourth-order valence-corrected chi connectivity index (χ4v) is 4.18. The third-order valence-electron chi connectivity index (χ3n) is 5.43. The molecule has 1 saturated carbocycles. The highest BCUT2D eigenvalue weighted by Crippen LogP contribution is 2.44. The number of anilines is 1. The van der Waals surface area contributed by atoms with E-state index in [1.54, 1.807) is 0 Å². The molecule has 25 heavy (non-hydrogen) atoms. The SMILES string of the molecule is CNc1nc(C)nc2nc(C3(c4ccccc4)CCCCC3)ccc12. The molecule has 4 nitrogen and oxygen atoms in total. The molecule has 1 aliphatic carbocycles. The summed E-state index contributed by atoms with van der Waals surface area (Å²) >= 11 is 0. The van der Waals surface area contributed by atoms with Crippen molar-refractivity contribution in [3.8, 4) is 0 Å². The van der Waals surface area contributed by atoms with Crippen molar-refractivity contribution in [2.24, 2.45) is 0 Å². The first kappa shape index (κ1) is 16.0. The number of aryl methyl sites for hydroxylation is 1. The molecule has 3 aromatic rings. The molecule has 4 rings (SSSR count). The Morgan fingerprint density at radius 3 is 2.36 bits per heavy atom. The molecule has 1 aliphatic rings. The number of nitrogens with one attached hydrogen (secondary N) is 1. The second-order valence-corrected chi connectivity index (χ2v) is 6.95. The Morgan fingerprint density at radius 2 is 1.64 bits per heavy atom. The molecule has 128 valence electrons. The Kier molecular flexibility index (Phi) is 4.12. The van der Waals surface area contributed by atoms with Gasteiger partial charge in [-0.05, 0) is 37.5 Å². The highest BCUT2D eigenvalue weighted by Gasteiger charge is 2.37. The van der Waals surface area contributed by atoms with E-state index in [4.69, 9.17) is 4.98 Å². The number of hydrogen-bond donors (Lipinski definition) is 1. The summed E-state index contributed by atoms with van der Waals surface area (Å²) in [6.45, 7) is 1.92. The first-order valence-corrected chi connectivity index (χ1v) is 9.12. The van der Waals surface area contributed by atoms with Crippen LogP contribution in [-0.4, -0.2) is 22.0 Å². The number of fused-ring (bicyclic) bond motifs is 1. The quantitative estimate of drug-likeness (QED) is 0.760. The van der Waals surface area contributed by atoms with Gasteiger partial charge in [0.25, 0.3) is 0 Å². The molecule has 2 aromatic heterocycles. The predicted molar refractivity (Wildman–Crippen MR) is 102 cm³/mol. The Balaban J connectivity index is 1.90. The van der Waals surface area contributed by atoms with Gasteiger partial charge in [0.15, 0.2) is 5.65 Å². The van der Waals surface area contributed by atoms with E-state index in [1.165, 1.54) is 24.8 Å². The second-order valence-electron chi connectivity index (χ2n) is 6.95. The van der Waals surface area contributed by atoms with Crippen molar-refractivity contribution >= 4 is 16.9 Å². The van der Waals surface area contributed by atoms with Gasteiger partial charge in [-0.3, -0.25) is 0 Å². The minimum absolute atomic E-state index is 0.00631. The monoisotopic (exact) mass is 332 g/mol. The van der Waals surface area contributed by atoms with Crippen molar-refractivity contribution < 1.29 is 0 Å². The molecule has 0 aliphatic heterocycles. The van der Waals surface area contributed by atoms with Crippen molar-refractivity contribution in [1.29, 1.82) is 0 Å². The van der Waals surface area contributed by atoms with Crippen LogP contribution in [0.15, 0.2) is 42.5 Å². The van der Waals surface area contributed by atoms with E-state index in [9.17, 15) is 0 Å². The van der Waals surface area contributed by atoms with E-state index < -0.39 is 0 Å². The van der Waals surface area contributed by atoms with Gasteiger partial charge in [0.05, 0.1) is 11.1 Å². The zero-order valence-electron chi connectivity index (χ0n) is 14.9. The average molecular weight is 332 g/mol. The van der Waals surface area contributed by atoms with Gasteiger partial charge in [0.1, 0.15) is 11.6 Å². The molecule has 0 bridgehead atoms. The van der Waals surface area contributed by atoms with Crippen LogP contribution in [0.2, 0.25) is 0 Å².